The minimum atomic E-state index is -0.421. The number of hydrogen-bond donors (Lipinski definition) is 0. The highest BCUT2D eigenvalue weighted by Gasteiger charge is 2.18. The summed E-state index contributed by atoms with van der Waals surface area (Å²) in [6.45, 7) is 3.61. The predicted octanol–water partition coefficient (Wildman–Crippen LogP) is 6.42. The summed E-state index contributed by atoms with van der Waals surface area (Å²) in [6.07, 6.45) is 8.68. The van der Waals surface area contributed by atoms with Gasteiger partial charge in [0.15, 0.2) is 11.5 Å². The molecule has 2 heterocycles. The number of benzene rings is 3. The Kier molecular flexibility index (Phi) is 7.68. The lowest BCUT2D eigenvalue weighted by Crippen LogP contribution is -2.08. The molecule has 0 spiro atoms. The molecule has 194 valence electrons. The molecule has 0 fully saturated rings. The number of fused-ring (bicyclic) bond motifs is 2. The molecule has 0 bridgehead atoms. The van der Waals surface area contributed by atoms with Crippen LogP contribution in [0.3, 0.4) is 0 Å². The van der Waals surface area contributed by atoms with E-state index in [9.17, 15) is 4.79 Å². The van der Waals surface area contributed by atoms with E-state index in [4.69, 9.17) is 18.9 Å². The highest BCUT2D eigenvalue weighted by Crippen LogP contribution is 2.38. The largest absolute Gasteiger partial charge is 0.493 e. The number of carbonyl (C=O) groups is 1. The number of nitrogens with zero attached hydrogens (tertiary/aromatic N) is 3. The maximum atomic E-state index is 12.9. The number of methoxy groups -OCH3 is 1. The lowest BCUT2D eigenvalue weighted by atomic mass is 10.1. The van der Waals surface area contributed by atoms with E-state index in [1.807, 2.05) is 66.2 Å². The van der Waals surface area contributed by atoms with E-state index in [0.29, 0.717) is 47.3 Å². The van der Waals surface area contributed by atoms with Gasteiger partial charge in [-0.25, -0.2) is 9.78 Å². The van der Waals surface area contributed by atoms with E-state index < -0.39 is 5.97 Å². The Labute approximate surface area is 220 Å². The summed E-state index contributed by atoms with van der Waals surface area (Å²) >= 11 is 0. The van der Waals surface area contributed by atoms with Crippen LogP contribution in [0.25, 0.3) is 21.7 Å². The molecule has 2 aromatic heterocycles. The summed E-state index contributed by atoms with van der Waals surface area (Å²) in [5.74, 6) is 1.70. The minimum absolute atomic E-state index is 0.339. The highest BCUT2D eigenvalue weighted by atomic mass is 16.5. The zero-order valence-corrected chi connectivity index (χ0v) is 21.4. The Hall–Kier alpha value is -4.59. The van der Waals surface area contributed by atoms with Crippen molar-refractivity contribution in [2.75, 3.05) is 20.3 Å². The van der Waals surface area contributed by atoms with E-state index >= 15 is 0 Å². The lowest BCUT2D eigenvalue weighted by molar-refractivity contribution is 0.0502. The van der Waals surface area contributed by atoms with Crippen molar-refractivity contribution in [2.45, 2.75) is 26.3 Å². The Morgan fingerprint density at radius 3 is 2.53 bits per heavy atom. The molecule has 0 atom stereocenters. The van der Waals surface area contributed by atoms with Crippen molar-refractivity contribution in [1.29, 1.82) is 0 Å². The van der Waals surface area contributed by atoms with Gasteiger partial charge in [-0.3, -0.25) is 4.98 Å². The molecule has 0 aliphatic heterocycles. The second-order valence-electron chi connectivity index (χ2n) is 8.77. The molecule has 0 aliphatic rings. The normalized spacial score (nSPS) is 11.0. The number of aromatic nitrogens is 3. The Balaban J connectivity index is 1.44. The topological polar surface area (TPSA) is 84.7 Å². The van der Waals surface area contributed by atoms with Crippen molar-refractivity contribution < 1.29 is 23.7 Å². The third kappa shape index (κ3) is 5.54. The van der Waals surface area contributed by atoms with Crippen LogP contribution in [0.5, 0.6) is 23.0 Å². The Morgan fingerprint density at radius 2 is 1.76 bits per heavy atom. The summed E-state index contributed by atoms with van der Waals surface area (Å²) in [5.41, 5.74) is 1.05. The fourth-order valence-corrected chi connectivity index (χ4v) is 4.19. The van der Waals surface area contributed by atoms with Crippen LogP contribution in [0.1, 0.15) is 30.1 Å². The molecule has 0 saturated heterocycles. The molecule has 3 aromatic carbocycles. The molecule has 5 rings (SSSR count). The highest BCUT2D eigenvalue weighted by molar-refractivity contribution is 5.99. The van der Waals surface area contributed by atoms with Gasteiger partial charge in [0, 0.05) is 36.6 Å². The summed E-state index contributed by atoms with van der Waals surface area (Å²) in [6, 6.07) is 16.9. The Morgan fingerprint density at radius 1 is 0.921 bits per heavy atom. The van der Waals surface area contributed by atoms with Gasteiger partial charge >= 0.3 is 5.97 Å². The second kappa shape index (κ2) is 11.6. The molecule has 0 N–H and O–H groups in total. The molecule has 0 aliphatic carbocycles. The van der Waals surface area contributed by atoms with E-state index in [0.717, 1.165) is 35.5 Å². The van der Waals surface area contributed by atoms with Crippen LogP contribution in [0.2, 0.25) is 0 Å². The van der Waals surface area contributed by atoms with Crippen LogP contribution in [0.15, 0.2) is 79.5 Å². The number of aryl methyl sites for hydroxylation is 1. The molecule has 0 amide bonds. The molecular weight excluding hydrogens is 482 g/mol. The average Bonchev–Trinajstić information content (AvgIpc) is 3.47. The zero-order chi connectivity index (χ0) is 26.3. The van der Waals surface area contributed by atoms with Gasteiger partial charge in [-0.05, 0) is 47.9 Å². The van der Waals surface area contributed by atoms with Crippen molar-refractivity contribution in [3.63, 3.8) is 0 Å². The molecule has 0 saturated carbocycles. The first-order valence-corrected chi connectivity index (χ1v) is 12.6. The zero-order valence-electron chi connectivity index (χ0n) is 21.4. The number of carbonyl (C=O) groups excluding carboxylic acids is 1. The van der Waals surface area contributed by atoms with Crippen LogP contribution in [0.4, 0.5) is 0 Å². The Bertz CT molecular complexity index is 1550. The summed E-state index contributed by atoms with van der Waals surface area (Å²) < 4.78 is 25.5. The van der Waals surface area contributed by atoms with Crippen LogP contribution < -0.4 is 14.2 Å². The smallest absolute Gasteiger partial charge is 0.341 e. The van der Waals surface area contributed by atoms with Gasteiger partial charge in [0.2, 0.25) is 0 Å². The first-order chi connectivity index (χ1) is 18.7. The first-order valence-electron chi connectivity index (χ1n) is 12.6. The van der Waals surface area contributed by atoms with Crippen molar-refractivity contribution in [3.8, 4) is 23.0 Å². The maximum absolute atomic E-state index is 12.9. The van der Waals surface area contributed by atoms with Gasteiger partial charge in [-0.1, -0.05) is 31.2 Å². The molecule has 0 unspecified atom stereocenters. The summed E-state index contributed by atoms with van der Waals surface area (Å²) in [7, 11) is 1.60. The molecule has 8 nitrogen and oxygen atoms in total. The fraction of sp³-hybridized carbons (Fsp3) is 0.233. The van der Waals surface area contributed by atoms with Crippen molar-refractivity contribution in [1.82, 2.24) is 14.5 Å². The number of imidazole rings is 1. The monoisotopic (exact) mass is 511 g/mol. The second-order valence-corrected chi connectivity index (χ2v) is 8.77. The number of hydrogen-bond acceptors (Lipinski definition) is 7. The average molecular weight is 512 g/mol. The van der Waals surface area contributed by atoms with Crippen LogP contribution in [-0.4, -0.2) is 40.8 Å². The quantitative estimate of drug-likeness (QED) is 0.149. The number of ether oxygens (including phenoxy) is 4. The van der Waals surface area contributed by atoms with E-state index in [-0.39, 0.29) is 0 Å². The number of pyridine rings is 1. The third-order valence-corrected chi connectivity index (χ3v) is 6.09. The standard InChI is InChI=1S/C30H29N3O5/c1-3-14-37-30(34)24-16-21-7-4-5-8-22(21)17-27(24)38-26-9-10-32-25-19-29(28(35-2)18-23(25)26)36-15-6-12-33-13-11-31-20-33/h4-5,7-11,13,16-20H,3,6,12,14-15H2,1-2H3. The molecular formula is C30H29N3O5. The van der Waals surface area contributed by atoms with Gasteiger partial charge in [-0.2, -0.15) is 0 Å². The van der Waals surface area contributed by atoms with Crippen molar-refractivity contribution >= 4 is 27.6 Å². The maximum Gasteiger partial charge on any atom is 0.341 e. The molecule has 8 heteroatoms. The van der Waals surface area contributed by atoms with Crippen molar-refractivity contribution in [2.24, 2.45) is 0 Å². The minimum Gasteiger partial charge on any atom is -0.493 e. The molecule has 5 aromatic rings. The molecule has 0 radical (unpaired) electrons. The number of rotatable bonds is 11. The molecule has 38 heavy (non-hydrogen) atoms. The number of esters is 1. The fourth-order valence-electron chi connectivity index (χ4n) is 4.19. The lowest BCUT2D eigenvalue weighted by Gasteiger charge is -2.16. The van der Waals surface area contributed by atoms with Gasteiger partial charge in [0.1, 0.15) is 17.1 Å². The summed E-state index contributed by atoms with van der Waals surface area (Å²) in [5, 5.41) is 2.62. The first kappa shape index (κ1) is 25.1. The van der Waals surface area contributed by atoms with E-state index in [2.05, 4.69) is 9.97 Å². The van der Waals surface area contributed by atoms with E-state index in [1.54, 1.807) is 31.9 Å². The van der Waals surface area contributed by atoms with Crippen molar-refractivity contribution in [3.05, 3.63) is 85.1 Å². The van der Waals surface area contributed by atoms with Gasteiger partial charge in [-0.15, -0.1) is 0 Å². The predicted molar refractivity (Wildman–Crippen MR) is 145 cm³/mol. The van der Waals surface area contributed by atoms with Crippen LogP contribution in [0, 0.1) is 0 Å². The van der Waals surface area contributed by atoms with Gasteiger partial charge < -0.3 is 23.5 Å². The van der Waals surface area contributed by atoms with Gasteiger partial charge in [0.05, 0.1) is 32.2 Å². The SMILES string of the molecule is CCCOC(=O)c1cc2ccccc2cc1Oc1ccnc2cc(OCCCn3ccnc3)c(OC)cc12. The van der Waals surface area contributed by atoms with E-state index in [1.165, 1.54) is 0 Å². The summed E-state index contributed by atoms with van der Waals surface area (Å²) in [4.78, 5) is 21.5. The van der Waals surface area contributed by atoms with Crippen LogP contribution >= 0.6 is 0 Å². The van der Waals surface area contributed by atoms with Gasteiger partial charge in [0.25, 0.3) is 0 Å². The van der Waals surface area contributed by atoms with Crippen LogP contribution in [-0.2, 0) is 11.3 Å². The third-order valence-electron chi connectivity index (χ3n) is 6.09.